The molecule has 0 aliphatic rings. The van der Waals surface area contributed by atoms with Crippen molar-refractivity contribution in [2.45, 2.75) is 13.1 Å². The highest BCUT2D eigenvalue weighted by molar-refractivity contribution is 6.55. The van der Waals surface area contributed by atoms with Gasteiger partial charge < -0.3 is 5.32 Å². The van der Waals surface area contributed by atoms with Crippen LogP contribution in [0.5, 0.6) is 0 Å². The summed E-state index contributed by atoms with van der Waals surface area (Å²) in [6.45, 7) is 4.66. The maximum absolute atomic E-state index is 3.13. The molecule has 1 nitrogen and oxygen atoms in total. The third-order valence-corrected chi connectivity index (χ3v) is 1.84. The second-order valence-electron chi connectivity index (χ2n) is 1.95. The van der Waals surface area contributed by atoms with Crippen molar-refractivity contribution in [3.63, 3.8) is 0 Å². The van der Waals surface area contributed by atoms with Gasteiger partial charge in [-0.1, -0.05) is 13.1 Å². The first-order valence-electron chi connectivity index (χ1n) is 2.42. The van der Waals surface area contributed by atoms with E-state index in [1.165, 1.54) is 6.17 Å². The summed E-state index contributed by atoms with van der Waals surface area (Å²) < 4.78 is 0. The predicted octanol–water partition coefficient (Wildman–Crippen LogP) is 0.232. The van der Waals surface area contributed by atoms with Gasteiger partial charge in [-0.05, 0) is 13.2 Å². The van der Waals surface area contributed by atoms with Crippen LogP contribution in [0.25, 0.3) is 0 Å². The van der Waals surface area contributed by atoms with Crippen LogP contribution in [0.2, 0.25) is 13.1 Å². The van der Waals surface area contributed by atoms with Crippen LogP contribution < -0.4 is 5.32 Å². The molecule has 0 radical (unpaired) electrons. The number of rotatable bonds is 2. The lowest BCUT2D eigenvalue weighted by Gasteiger charge is -1.96. The highest BCUT2D eigenvalue weighted by atomic mass is 28.3. The Kier molecular flexibility index (Phi) is 3.47. The van der Waals surface area contributed by atoms with Gasteiger partial charge >= 0.3 is 0 Å². The van der Waals surface area contributed by atoms with E-state index in [0.29, 0.717) is 0 Å². The standard InChI is InChI=1S/C4H13NSi/c1-5-4-6(2)3/h5-6H,4H2,1-3H3. The van der Waals surface area contributed by atoms with Gasteiger partial charge in [0.25, 0.3) is 0 Å². The Balaban J connectivity index is 2.63. The first-order valence-corrected chi connectivity index (χ1v) is 5.54. The van der Waals surface area contributed by atoms with Crippen molar-refractivity contribution in [2.24, 2.45) is 0 Å². The summed E-state index contributed by atoms with van der Waals surface area (Å²) >= 11 is 0. The maximum Gasteiger partial charge on any atom is 0.0466 e. The molecule has 38 valence electrons. The molecule has 0 atom stereocenters. The Hall–Kier alpha value is 0.177. The molecule has 6 heavy (non-hydrogen) atoms. The quantitative estimate of drug-likeness (QED) is 0.493. The van der Waals surface area contributed by atoms with Crippen molar-refractivity contribution < 1.29 is 0 Å². The summed E-state index contributed by atoms with van der Waals surface area (Å²) in [4.78, 5) is 0. The Morgan fingerprint density at radius 1 is 1.50 bits per heavy atom. The van der Waals surface area contributed by atoms with Crippen molar-refractivity contribution in [1.82, 2.24) is 5.32 Å². The molecule has 2 heteroatoms. The van der Waals surface area contributed by atoms with E-state index >= 15 is 0 Å². The molecule has 0 saturated carbocycles. The predicted molar refractivity (Wildman–Crippen MR) is 32.8 cm³/mol. The molecule has 0 unspecified atom stereocenters. The molecule has 1 N–H and O–H groups in total. The fourth-order valence-electron chi connectivity index (χ4n) is 0.408. The Morgan fingerprint density at radius 3 is 2.00 bits per heavy atom. The molecule has 0 aliphatic carbocycles. The molecule has 0 aromatic carbocycles. The van der Waals surface area contributed by atoms with E-state index in [2.05, 4.69) is 18.4 Å². The molecule has 0 saturated heterocycles. The van der Waals surface area contributed by atoms with Crippen LogP contribution in [0, 0.1) is 0 Å². The summed E-state index contributed by atoms with van der Waals surface area (Å²) in [6, 6.07) is 0. The van der Waals surface area contributed by atoms with Gasteiger partial charge in [-0.2, -0.15) is 0 Å². The molecular formula is C4H13NSi. The highest BCUT2D eigenvalue weighted by Gasteiger charge is 1.87. The molecule has 0 bridgehead atoms. The Bertz CT molecular complexity index is 28.7. The zero-order chi connectivity index (χ0) is 4.99. The van der Waals surface area contributed by atoms with Crippen LogP contribution in [0.4, 0.5) is 0 Å². The molecule has 0 aliphatic heterocycles. The fraction of sp³-hybridized carbons (Fsp3) is 1.00. The first kappa shape index (κ1) is 6.18. The lowest BCUT2D eigenvalue weighted by atomic mass is 11.2. The molecule has 0 spiro atoms. The summed E-state index contributed by atoms with van der Waals surface area (Å²) in [5.41, 5.74) is 0. The number of nitrogens with one attached hydrogen (secondary N) is 1. The third-order valence-electron chi connectivity index (χ3n) is 0.612. The van der Waals surface area contributed by atoms with E-state index in [4.69, 9.17) is 0 Å². The van der Waals surface area contributed by atoms with Crippen LogP contribution >= 0.6 is 0 Å². The SMILES string of the molecule is CNC[SiH](C)C. The summed E-state index contributed by atoms with van der Waals surface area (Å²) in [5.74, 6) is 0. The molecule has 0 heterocycles. The molecule has 0 aromatic rings. The van der Waals surface area contributed by atoms with E-state index in [0.717, 1.165) is 0 Å². The van der Waals surface area contributed by atoms with Crippen molar-refractivity contribution in [3.05, 3.63) is 0 Å². The summed E-state index contributed by atoms with van der Waals surface area (Å²) in [7, 11) is 1.73. The summed E-state index contributed by atoms with van der Waals surface area (Å²) in [5, 5.41) is 3.13. The Morgan fingerprint density at radius 2 is 2.00 bits per heavy atom. The first-order chi connectivity index (χ1) is 2.77. The maximum atomic E-state index is 3.13. The minimum Gasteiger partial charge on any atom is -0.323 e. The third kappa shape index (κ3) is 4.18. The van der Waals surface area contributed by atoms with Crippen molar-refractivity contribution in [1.29, 1.82) is 0 Å². The van der Waals surface area contributed by atoms with Crippen molar-refractivity contribution in [3.8, 4) is 0 Å². The molecular weight excluding hydrogens is 90.1 g/mol. The van der Waals surface area contributed by atoms with Gasteiger partial charge in [-0.25, -0.2) is 0 Å². The number of hydrogen-bond donors (Lipinski definition) is 1. The van der Waals surface area contributed by atoms with Crippen LogP contribution in [0.3, 0.4) is 0 Å². The monoisotopic (exact) mass is 103 g/mol. The number of hydrogen-bond acceptors (Lipinski definition) is 1. The fourth-order valence-corrected chi connectivity index (χ4v) is 1.22. The second-order valence-corrected chi connectivity index (χ2v) is 5.15. The van der Waals surface area contributed by atoms with Crippen LogP contribution in [-0.4, -0.2) is 22.0 Å². The average Bonchev–Trinajstić information content (AvgIpc) is 1.35. The van der Waals surface area contributed by atoms with Crippen LogP contribution in [0.1, 0.15) is 0 Å². The normalized spacial score (nSPS) is 10.0. The zero-order valence-corrected chi connectivity index (χ0v) is 5.94. The average molecular weight is 103 g/mol. The summed E-state index contributed by atoms with van der Waals surface area (Å²) in [6.07, 6.45) is 1.26. The zero-order valence-electron chi connectivity index (χ0n) is 4.78. The molecule has 0 aromatic heterocycles. The van der Waals surface area contributed by atoms with Gasteiger partial charge in [-0.15, -0.1) is 0 Å². The van der Waals surface area contributed by atoms with Crippen molar-refractivity contribution in [2.75, 3.05) is 13.2 Å². The van der Waals surface area contributed by atoms with E-state index < -0.39 is 0 Å². The van der Waals surface area contributed by atoms with Gasteiger partial charge in [0.15, 0.2) is 0 Å². The smallest absolute Gasteiger partial charge is 0.0466 e. The van der Waals surface area contributed by atoms with E-state index in [-0.39, 0.29) is 8.80 Å². The molecule has 0 amide bonds. The molecule has 0 fully saturated rings. The van der Waals surface area contributed by atoms with Crippen LogP contribution in [0.15, 0.2) is 0 Å². The van der Waals surface area contributed by atoms with Gasteiger partial charge in [-0.3, -0.25) is 0 Å². The lowest BCUT2D eigenvalue weighted by Crippen LogP contribution is -2.21. The van der Waals surface area contributed by atoms with Gasteiger partial charge in [0, 0.05) is 8.80 Å². The topological polar surface area (TPSA) is 12.0 Å². The van der Waals surface area contributed by atoms with E-state index in [1.54, 1.807) is 0 Å². The second kappa shape index (κ2) is 3.37. The van der Waals surface area contributed by atoms with E-state index in [1.807, 2.05) is 7.05 Å². The van der Waals surface area contributed by atoms with Gasteiger partial charge in [0.2, 0.25) is 0 Å². The minimum absolute atomic E-state index is 0.282. The highest BCUT2D eigenvalue weighted by Crippen LogP contribution is 1.70. The van der Waals surface area contributed by atoms with E-state index in [9.17, 15) is 0 Å². The van der Waals surface area contributed by atoms with Crippen LogP contribution in [-0.2, 0) is 0 Å². The minimum atomic E-state index is -0.282. The lowest BCUT2D eigenvalue weighted by molar-refractivity contribution is 0.959. The van der Waals surface area contributed by atoms with Gasteiger partial charge in [0.05, 0.1) is 0 Å². The van der Waals surface area contributed by atoms with Crippen molar-refractivity contribution >= 4 is 8.80 Å². The van der Waals surface area contributed by atoms with Gasteiger partial charge in [0.1, 0.15) is 0 Å². The molecule has 0 rings (SSSR count). The Labute approximate surface area is 41.4 Å². The largest absolute Gasteiger partial charge is 0.323 e.